The van der Waals surface area contributed by atoms with Crippen LogP contribution >= 0.6 is 0 Å². The molecular weight excluding hydrogens is 371 g/mol. The SMILES string of the molecule is C[C@@H](c1nn2ccc(N3CCC[C@@H]3c3cncc(F)c3)nc2c1C(N)=O)C1CC1. The van der Waals surface area contributed by atoms with Crippen molar-refractivity contribution in [3.8, 4) is 0 Å². The lowest BCUT2D eigenvalue weighted by atomic mass is 9.98. The van der Waals surface area contributed by atoms with Gasteiger partial charge in [-0.2, -0.15) is 5.10 Å². The van der Waals surface area contributed by atoms with E-state index < -0.39 is 5.91 Å². The highest BCUT2D eigenvalue weighted by Gasteiger charge is 2.35. The van der Waals surface area contributed by atoms with Gasteiger partial charge < -0.3 is 10.6 Å². The molecule has 3 aromatic heterocycles. The van der Waals surface area contributed by atoms with Crippen molar-refractivity contribution in [1.29, 1.82) is 0 Å². The van der Waals surface area contributed by atoms with Gasteiger partial charge in [0.25, 0.3) is 5.91 Å². The summed E-state index contributed by atoms with van der Waals surface area (Å²) in [5.41, 5.74) is 8.19. The zero-order valence-corrected chi connectivity index (χ0v) is 16.3. The smallest absolute Gasteiger partial charge is 0.254 e. The Bertz CT molecular complexity index is 1090. The average molecular weight is 394 g/mol. The monoisotopic (exact) mass is 394 g/mol. The van der Waals surface area contributed by atoms with Gasteiger partial charge in [0, 0.05) is 24.9 Å². The molecule has 2 aliphatic rings. The fourth-order valence-corrected chi connectivity index (χ4v) is 4.47. The lowest BCUT2D eigenvalue weighted by Gasteiger charge is -2.26. The first-order valence-electron chi connectivity index (χ1n) is 10.1. The van der Waals surface area contributed by atoms with Crippen molar-refractivity contribution in [3.63, 3.8) is 0 Å². The first kappa shape index (κ1) is 18.0. The molecule has 4 heterocycles. The van der Waals surface area contributed by atoms with E-state index in [4.69, 9.17) is 10.7 Å². The van der Waals surface area contributed by atoms with E-state index in [1.54, 1.807) is 10.7 Å². The van der Waals surface area contributed by atoms with Crippen molar-refractivity contribution in [2.24, 2.45) is 11.7 Å². The summed E-state index contributed by atoms with van der Waals surface area (Å²) in [4.78, 5) is 23.2. The van der Waals surface area contributed by atoms with E-state index in [9.17, 15) is 9.18 Å². The molecule has 0 aromatic carbocycles. The number of amides is 1. The number of hydrogen-bond donors (Lipinski definition) is 1. The van der Waals surface area contributed by atoms with E-state index in [0.717, 1.165) is 49.3 Å². The highest BCUT2D eigenvalue weighted by atomic mass is 19.1. The maximum absolute atomic E-state index is 13.7. The Morgan fingerprint density at radius 1 is 1.31 bits per heavy atom. The van der Waals surface area contributed by atoms with E-state index >= 15 is 0 Å². The number of rotatable bonds is 5. The van der Waals surface area contributed by atoms with Gasteiger partial charge in [0.1, 0.15) is 17.2 Å². The van der Waals surface area contributed by atoms with Gasteiger partial charge in [0.2, 0.25) is 0 Å². The number of halogens is 1. The van der Waals surface area contributed by atoms with Gasteiger partial charge in [-0.25, -0.2) is 13.9 Å². The Morgan fingerprint density at radius 2 is 2.14 bits per heavy atom. The zero-order valence-electron chi connectivity index (χ0n) is 16.3. The van der Waals surface area contributed by atoms with Gasteiger partial charge in [-0.15, -0.1) is 0 Å². The molecule has 29 heavy (non-hydrogen) atoms. The Hall–Kier alpha value is -3.03. The highest BCUT2D eigenvalue weighted by Crippen LogP contribution is 2.43. The molecule has 150 valence electrons. The molecule has 1 aliphatic heterocycles. The van der Waals surface area contributed by atoms with Crippen molar-refractivity contribution in [2.45, 2.75) is 44.6 Å². The largest absolute Gasteiger partial charge is 0.365 e. The van der Waals surface area contributed by atoms with Crippen LogP contribution in [0.15, 0.2) is 30.7 Å². The second kappa shape index (κ2) is 6.79. The van der Waals surface area contributed by atoms with Gasteiger partial charge in [-0.3, -0.25) is 9.78 Å². The Morgan fingerprint density at radius 3 is 2.86 bits per heavy atom. The van der Waals surface area contributed by atoms with Gasteiger partial charge in [-0.05, 0) is 49.3 Å². The van der Waals surface area contributed by atoms with Crippen LogP contribution in [0.4, 0.5) is 10.2 Å². The lowest BCUT2D eigenvalue weighted by molar-refractivity contribution is 0.1000. The second-order valence-electron chi connectivity index (χ2n) is 8.09. The summed E-state index contributed by atoms with van der Waals surface area (Å²) in [7, 11) is 0. The number of nitrogens with two attached hydrogens (primary N) is 1. The first-order valence-corrected chi connectivity index (χ1v) is 10.1. The predicted molar refractivity (Wildman–Crippen MR) is 106 cm³/mol. The molecule has 3 aromatic rings. The third-order valence-corrected chi connectivity index (χ3v) is 6.16. The molecule has 1 saturated carbocycles. The molecule has 8 heteroatoms. The van der Waals surface area contributed by atoms with Crippen LogP contribution in [0.2, 0.25) is 0 Å². The quantitative estimate of drug-likeness (QED) is 0.718. The average Bonchev–Trinajstić information content (AvgIpc) is 3.30. The summed E-state index contributed by atoms with van der Waals surface area (Å²) in [6, 6.07) is 3.41. The molecule has 7 nitrogen and oxygen atoms in total. The number of anilines is 1. The summed E-state index contributed by atoms with van der Waals surface area (Å²) in [6.45, 7) is 2.90. The van der Waals surface area contributed by atoms with Crippen LogP contribution < -0.4 is 10.6 Å². The molecule has 1 saturated heterocycles. The molecule has 0 unspecified atom stereocenters. The summed E-state index contributed by atoms with van der Waals surface area (Å²) in [6.07, 6.45) is 8.91. The van der Waals surface area contributed by atoms with Crippen molar-refractivity contribution >= 4 is 17.4 Å². The summed E-state index contributed by atoms with van der Waals surface area (Å²) in [5.74, 6) is 0.626. The molecule has 0 bridgehead atoms. The normalized spacial score (nSPS) is 20.3. The van der Waals surface area contributed by atoms with Crippen LogP contribution in [0.25, 0.3) is 5.65 Å². The predicted octanol–water partition coefficient (Wildman–Crippen LogP) is 3.22. The molecular formula is C21H23FN6O. The van der Waals surface area contributed by atoms with Crippen molar-refractivity contribution < 1.29 is 9.18 Å². The van der Waals surface area contributed by atoms with Crippen LogP contribution in [0, 0.1) is 11.7 Å². The van der Waals surface area contributed by atoms with Gasteiger partial charge in [0.05, 0.1) is 17.9 Å². The van der Waals surface area contributed by atoms with E-state index in [0.29, 0.717) is 17.1 Å². The van der Waals surface area contributed by atoms with Crippen molar-refractivity contribution in [1.82, 2.24) is 19.6 Å². The van der Waals surface area contributed by atoms with Crippen LogP contribution in [0.3, 0.4) is 0 Å². The van der Waals surface area contributed by atoms with Crippen LogP contribution in [-0.4, -0.2) is 32.0 Å². The minimum Gasteiger partial charge on any atom is -0.365 e. The number of primary amides is 1. The minimum absolute atomic E-state index is 0.00189. The number of pyridine rings is 1. The minimum atomic E-state index is -0.501. The molecule has 0 radical (unpaired) electrons. The Labute approximate surface area is 167 Å². The van der Waals surface area contributed by atoms with E-state index in [1.165, 1.54) is 12.3 Å². The molecule has 1 aliphatic carbocycles. The van der Waals surface area contributed by atoms with Gasteiger partial charge >= 0.3 is 0 Å². The van der Waals surface area contributed by atoms with Gasteiger partial charge in [-0.1, -0.05) is 6.92 Å². The summed E-state index contributed by atoms with van der Waals surface area (Å²) >= 11 is 0. The van der Waals surface area contributed by atoms with Crippen LogP contribution in [0.1, 0.15) is 66.2 Å². The molecule has 2 N–H and O–H groups in total. The van der Waals surface area contributed by atoms with E-state index in [1.807, 2.05) is 12.3 Å². The number of aromatic nitrogens is 4. The Kier molecular flexibility index (Phi) is 4.22. The second-order valence-corrected chi connectivity index (χ2v) is 8.09. The Balaban J connectivity index is 1.57. The fraction of sp³-hybridized carbons (Fsp3) is 0.429. The maximum Gasteiger partial charge on any atom is 0.254 e. The van der Waals surface area contributed by atoms with Crippen LogP contribution in [0.5, 0.6) is 0 Å². The first-order chi connectivity index (χ1) is 14.0. The zero-order chi connectivity index (χ0) is 20.1. The lowest BCUT2D eigenvalue weighted by Crippen LogP contribution is -2.24. The highest BCUT2D eigenvalue weighted by molar-refractivity contribution is 6.00. The van der Waals surface area contributed by atoms with E-state index in [2.05, 4.69) is 21.9 Å². The standard InChI is InChI=1S/C21H23FN6O/c1-12(13-4-5-13)19-18(20(23)29)21-25-17(6-8-28(21)26-19)27-7-2-3-16(27)14-9-15(22)11-24-10-14/h6,8-13,16H,2-5,7H2,1H3,(H2,23,29)/t12-,16-/m1/s1. The number of fused-ring (bicyclic) bond motifs is 1. The van der Waals surface area contributed by atoms with Crippen molar-refractivity contribution in [2.75, 3.05) is 11.4 Å². The molecule has 5 rings (SSSR count). The van der Waals surface area contributed by atoms with Gasteiger partial charge in [0.15, 0.2) is 5.65 Å². The summed E-state index contributed by atoms with van der Waals surface area (Å²) in [5, 5.41) is 4.63. The molecule has 1 amide bonds. The third-order valence-electron chi connectivity index (χ3n) is 6.16. The molecule has 0 spiro atoms. The molecule has 2 atom stereocenters. The number of carbonyl (C=O) groups is 1. The van der Waals surface area contributed by atoms with Crippen molar-refractivity contribution in [3.05, 3.63) is 53.4 Å². The topological polar surface area (TPSA) is 89.4 Å². The molecule has 2 fully saturated rings. The number of carbonyl (C=O) groups excluding carboxylic acids is 1. The number of nitrogens with zero attached hydrogens (tertiary/aromatic N) is 5. The van der Waals surface area contributed by atoms with E-state index in [-0.39, 0.29) is 17.8 Å². The fourth-order valence-electron chi connectivity index (χ4n) is 4.47. The van der Waals surface area contributed by atoms with Crippen LogP contribution in [-0.2, 0) is 0 Å². The number of hydrogen-bond acceptors (Lipinski definition) is 5. The third kappa shape index (κ3) is 3.12. The summed E-state index contributed by atoms with van der Waals surface area (Å²) < 4.78 is 15.3. The maximum atomic E-state index is 13.7.